The minimum Gasteiger partial charge on any atom is -0.456 e. The fourth-order valence-electron chi connectivity index (χ4n) is 3.46. The number of nitro benzene ring substituents is 1. The van der Waals surface area contributed by atoms with Crippen LogP contribution in [0, 0.1) is 15.9 Å². The number of hydrogen-bond donors (Lipinski definition) is 0. The van der Waals surface area contributed by atoms with Crippen molar-refractivity contribution in [3.8, 4) is 0 Å². The summed E-state index contributed by atoms with van der Waals surface area (Å²) in [7, 11) is 0. The second-order valence-electron chi connectivity index (χ2n) is 6.25. The Morgan fingerprint density at radius 3 is 2.37 bits per heavy atom. The first-order chi connectivity index (χ1) is 13.0. The second kappa shape index (κ2) is 6.31. The predicted octanol–water partition coefficient (Wildman–Crippen LogP) is 3.07. The Balaban J connectivity index is 1.77. The molecule has 7 nitrogen and oxygen atoms in total. The van der Waals surface area contributed by atoms with Crippen LogP contribution in [0.3, 0.4) is 0 Å². The maximum absolute atomic E-state index is 13.2. The minimum atomic E-state index is -0.542. The molecule has 1 atom stereocenters. The number of nitrogens with zero attached hydrogens (tertiary/aromatic N) is 2. The molecule has 0 spiro atoms. The molecule has 136 valence electrons. The summed E-state index contributed by atoms with van der Waals surface area (Å²) >= 11 is 0. The predicted molar refractivity (Wildman–Crippen MR) is 92.3 cm³/mol. The first kappa shape index (κ1) is 16.9. The third-order valence-corrected chi connectivity index (χ3v) is 4.71. The van der Waals surface area contributed by atoms with E-state index in [2.05, 4.69) is 0 Å². The van der Waals surface area contributed by atoms with Crippen LogP contribution in [0.2, 0.25) is 0 Å². The topological polar surface area (TPSA) is 89.7 Å². The van der Waals surface area contributed by atoms with Crippen molar-refractivity contribution >= 4 is 23.3 Å². The van der Waals surface area contributed by atoms with E-state index in [4.69, 9.17) is 4.74 Å². The Morgan fingerprint density at radius 2 is 1.74 bits per heavy atom. The number of esters is 1. The van der Waals surface area contributed by atoms with Crippen molar-refractivity contribution in [2.24, 2.45) is 0 Å². The molecule has 0 aliphatic carbocycles. The zero-order valence-corrected chi connectivity index (χ0v) is 13.9. The number of nitro groups is 1. The van der Waals surface area contributed by atoms with Crippen molar-refractivity contribution in [3.63, 3.8) is 0 Å². The Labute approximate surface area is 152 Å². The average molecular weight is 368 g/mol. The number of carbonyl (C=O) groups is 2. The molecule has 2 aromatic carbocycles. The summed E-state index contributed by atoms with van der Waals surface area (Å²) in [5.41, 5.74) is 1.78. The van der Waals surface area contributed by atoms with Gasteiger partial charge in [-0.25, -0.2) is 9.18 Å². The Kier molecular flexibility index (Phi) is 3.95. The minimum absolute atomic E-state index is 0.00310. The van der Waals surface area contributed by atoms with Gasteiger partial charge in [0.1, 0.15) is 12.4 Å². The van der Waals surface area contributed by atoms with E-state index in [1.54, 1.807) is 12.1 Å². The van der Waals surface area contributed by atoms with E-state index < -0.39 is 22.6 Å². The van der Waals surface area contributed by atoms with E-state index in [-0.39, 0.29) is 24.6 Å². The van der Waals surface area contributed by atoms with Crippen LogP contribution < -0.4 is 4.90 Å². The van der Waals surface area contributed by atoms with Gasteiger partial charge >= 0.3 is 5.97 Å². The van der Waals surface area contributed by atoms with Crippen molar-refractivity contribution in [3.05, 3.63) is 81.3 Å². The Hall–Kier alpha value is -3.55. The van der Waals surface area contributed by atoms with Gasteiger partial charge in [-0.3, -0.25) is 19.8 Å². The van der Waals surface area contributed by atoms with Gasteiger partial charge in [-0.05, 0) is 29.8 Å². The maximum atomic E-state index is 13.2. The van der Waals surface area contributed by atoms with Crippen LogP contribution in [0.5, 0.6) is 0 Å². The molecule has 0 N–H and O–H groups in total. The van der Waals surface area contributed by atoms with Gasteiger partial charge in [0.05, 0.1) is 16.2 Å². The summed E-state index contributed by atoms with van der Waals surface area (Å²) in [6.45, 7) is -0.0548. The van der Waals surface area contributed by atoms with E-state index in [1.165, 1.54) is 41.3 Å². The molecule has 2 aromatic rings. The molecule has 0 saturated heterocycles. The summed E-state index contributed by atoms with van der Waals surface area (Å²) in [4.78, 5) is 36.8. The number of rotatable bonds is 3. The van der Waals surface area contributed by atoms with E-state index in [1.807, 2.05) is 0 Å². The molecule has 1 unspecified atom stereocenters. The first-order valence-electron chi connectivity index (χ1n) is 8.19. The number of non-ortho nitro benzene ring substituents is 1. The molecule has 0 fully saturated rings. The molecule has 2 aliphatic heterocycles. The van der Waals surface area contributed by atoms with Crippen molar-refractivity contribution in [1.29, 1.82) is 0 Å². The lowest BCUT2D eigenvalue weighted by Gasteiger charge is -2.31. The van der Waals surface area contributed by atoms with Crippen LogP contribution >= 0.6 is 0 Å². The highest BCUT2D eigenvalue weighted by Crippen LogP contribution is 2.42. The van der Waals surface area contributed by atoms with E-state index in [0.717, 1.165) is 0 Å². The van der Waals surface area contributed by atoms with Gasteiger partial charge in [-0.15, -0.1) is 0 Å². The lowest BCUT2D eigenvalue weighted by molar-refractivity contribution is -0.384. The molecule has 0 radical (unpaired) electrons. The van der Waals surface area contributed by atoms with Crippen molar-refractivity contribution < 1.29 is 23.6 Å². The number of carbonyl (C=O) groups excluding carboxylic acids is 2. The monoisotopic (exact) mass is 368 g/mol. The highest BCUT2D eigenvalue weighted by molar-refractivity contribution is 6.06. The number of halogens is 1. The lowest BCUT2D eigenvalue weighted by atomic mass is 9.84. The van der Waals surface area contributed by atoms with Gasteiger partial charge < -0.3 is 4.74 Å². The summed E-state index contributed by atoms with van der Waals surface area (Å²) in [5.74, 6) is -1.75. The lowest BCUT2D eigenvalue weighted by Crippen LogP contribution is -2.37. The smallest absolute Gasteiger partial charge is 0.336 e. The molecular weight excluding hydrogens is 355 g/mol. The van der Waals surface area contributed by atoms with Gasteiger partial charge in [-0.2, -0.15) is 0 Å². The fourth-order valence-corrected chi connectivity index (χ4v) is 3.46. The highest BCUT2D eigenvalue weighted by Gasteiger charge is 2.43. The van der Waals surface area contributed by atoms with Crippen LogP contribution in [0.25, 0.3) is 0 Å². The van der Waals surface area contributed by atoms with Crippen LogP contribution in [0.1, 0.15) is 17.9 Å². The molecule has 8 heteroatoms. The number of hydrogen-bond acceptors (Lipinski definition) is 5. The number of benzene rings is 2. The zero-order chi connectivity index (χ0) is 19.1. The second-order valence-corrected chi connectivity index (χ2v) is 6.25. The summed E-state index contributed by atoms with van der Waals surface area (Å²) in [5, 5.41) is 10.8. The van der Waals surface area contributed by atoms with Gasteiger partial charge in [0.2, 0.25) is 5.91 Å². The van der Waals surface area contributed by atoms with Gasteiger partial charge in [0.25, 0.3) is 5.69 Å². The molecule has 0 bridgehead atoms. The van der Waals surface area contributed by atoms with E-state index in [9.17, 15) is 24.1 Å². The number of amides is 1. The summed E-state index contributed by atoms with van der Waals surface area (Å²) in [6, 6.07) is 11.2. The van der Waals surface area contributed by atoms with Crippen LogP contribution in [0.4, 0.5) is 15.8 Å². The first-order valence-corrected chi connectivity index (χ1v) is 8.19. The molecule has 0 saturated carbocycles. The Morgan fingerprint density at radius 1 is 1.07 bits per heavy atom. The molecule has 2 heterocycles. The standard InChI is InChI=1S/C19H13FN2O5/c20-12-3-7-13(8-4-12)21-16-10-27-19(24)18(16)15(9-17(21)23)11-1-5-14(6-2-11)22(25)26/h1-8,15H,9-10H2. The average Bonchev–Trinajstić information content (AvgIpc) is 3.04. The molecule has 1 amide bonds. The van der Waals surface area contributed by atoms with Crippen molar-refractivity contribution in [2.45, 2.75) is 12.3 Å². The van der Waals surface area contributed by atoms with Crippen LogP contribution in [-0.4, -0.2) is 23.4 Å². The fraction of sp³-hybridized carbons (Fsp3) is 0.158. The molecule has 2 aliphatic rings. The number of ether oxygens (including phenoxy) is 1. The molecule has 27 heavy (non-hydrogen) atoms. The highest BCUT2D eigenvalue weighted by atomic mass is 19.1. The normalized spacial score (nSPS) is 19.1. The van der Waals surface area contributed by atoms with Crippen LogP contribution in [-0.2, 0) is 14.3 Å². The number of anilines is 1. The van der Waals surface area contributed by atoms with Gasteiger partial charge in [-0.1, -0.05) is 12.1 Å². The van der Waals surface area contributed by atoms with Crippen LogP contribution in [0.15, 0.2) is 59.8 Å². The summed E-state index contributed by atoms with van der Waals surface area (Å²) < 4.78 is 18.4. The number of cyclic esters (lactones) is 1. The zero-order valence-electron chi connectivity index (χ0n) is 13.9. The van der Waals surface area contributed by atoms with Gasteiger partial charge in [0, 0.05) is 30.2 Å². The molecule has 0 aromatic heterocycles. The quantitative estimate of drug-likeness (QED) is 0.472. The SMILES string of the molecule is O=C1OCC2=C1C(c1ccc([N+](=O)[O-])cc1)CC(=O)N2c1ccc(F)cc1. The third-order valence-electron chi connectivity index (χ3n) is 4.71. The van der Waals surface area contributed by atoms with Gasteiger partial charge in [0.15, 0.2) is 0 Å². The van der Waals surface area contributed by atoms with E-state index >= 15 is 0 Å². The summed E-state index contributed by atoms with van der Waals surface area (Å²) in [6.07, 6.45) is 0.00310. The van der Waals surface area contributed by atoms with Crippen molar-refractivity contribution in [2.75, 3.05) is 11.5 Å². The van der Waals surface area contributed by atoms with E-state index in [0.29, 0.717) is 22.5 Å². The molecule has 4 rings (SSSR count). The molecular formula is C19H13FN2O5. The largest absolute Gasteiger partial charge is 0.456 e. The third kappa shape index (κ3) is 2.84. The van der Waals surface area contributed by atoms with Crippen molar-refractivity contribution in [1.82, 2.24) is 0 Å². The maximum Gasteiger partial charge on any atom is 0.336 e. The Bertz CT molecular complexity index is 982.